The number of nitrogens with zero attached hydrogens (tertiary/aromatic N) is 3. The minimum atomic E-state index is -1.40. The van der Waals surface area contributed by atoms with Gasteiger partial charge in [0.05, 0.1) is 23.4 Å². The van der Waals surface area contributed by atoms with Crippen LogP contribution in [0.4, 0.5) is 16.2 Å². The molecule has 34 heavy (non-hydrogen) atoms. The topological polar surface area (TPSA) is 123 Å². The van der Waals surface area contributed by atoms with Gasteiger partial charge in [-0.3, -0.25) is 24.1 Å². The summed E-state index contributed by atoms with van der Waals surface area (Å²) in [5.41, 5.74) is 1.20. The minimum Gasteiger partial charge on any atom is -0.489 e. The smallest absolute Gasteiger partial charge is 0.415 e. The Morgan fingerprint density at radius 1 is 0.971 bits per heavy atom. The van der Waals surface area contributed by atoms with E-state index < -0.39 is 36.0 Å². The average molecular weight is 463 g/mol. The summed E-state index contributed by atoms with van der Waals surface area (Å²) < 4.78 is 16.3. The summed E-state index contributed by atoms with van der Waals surface area (Å²) >= 11 is 0. The molecule has 0 spiro atoms. The van der Waals surface area contributed by atoms with Crippen LogP contribution in [-0.4, -0.2) is 73.1 Å². The van der Waals surface area contributed by atoms with Gasteiger partial charge in [0.1, 0.15) is 25.0 Å². The van der Waals surface area contributed by atoms with E-state index in [0.29, 0.717) is 35.2 Å². The standard InChI is InChI=1S/C23H17N3O8/c27-18-11-32-8-7-24(18)12-5-6-15-17(9-12)33-10-16-19(34-23(31)25(15)16)22(30)26-20(28)13-3-1-2-4-14(13)21(26)29/h1-6,9,16,19H,7-8,10-11H2/t16-,19+/m0/s1. The van der Waals surface area contributed by atoms with Gasteiger partial charge in [0, 0.05) is 18.3 Å². The van der Waals surface area contributed by atoms with Crippen molar-refractivity contribution in [1.29, 1.82) is 0 Å². The van der Waals surface area contributed by atoms with E-state index in [4.69, 9.17) is 14.2 Å². The number of carbonyl (C=O) groups is 5. The van der Waals surface area contributed by atoms with Crippen molar-refractivity contribution in [3.8, 4) is 5.75 Å². The molecule has 2 atom stereocenters. The fourth-order valence-corrected chi connectivity index (χ4v) is 4.64. The number of anilines is 2. The Balaban J connectivity index is 1.28. The Morgan fingerprint density at radius 3 is 2.41 bits per heavy atom. The molecule has 0 bridgehead atoms. The van der Waals surface area contributed by atoms with Gasteiger partial charge in [0.15, 0.2) is 0 Å². The minimum absolute atomic E-state index is 0.0138. The molecule has 11 nitrogen and oxygen atoms in total. The van der Waals surface area contributed by atoms with Crippen LogP contribution < -0.4 is 14.5 Å². The molecular formula is C23H17N3O8. The molecule has 172 valence electrons. The lowest BCUT2D eigenvalue weighted by atomic mass is 10.1. The number of amides is 5. The van der Waals surface area contributed by atoms with E-state index in [-0.39, 0.29) is 30.2 Å². The highest BCUT2D eigenvalue weighted by atomic mass is 16.6. The van der Waals surface area contributed by atoms with Crippen LogP contribution >= 0.6 is 0 Å². The van der Waals surface area contributed by atoms with Gasteiger partial charge in [-0.2, -0.15) is 0 Å². The highest BCUT2D eigenvalue weighted by Crippen LogP contribution is 2.41. The monoisotopic (exact) mass is 463 g/mol. The van der Waals surface area contributed by atoms with Crippen molar-refractivity contribution in [2.75, 3.05) is 36.2 Å². The van der Waals surface area contributed by atoms with Crippen molar-refractivity contribution in [3.05, 3.63) is 53.6 Å². The number of rotatable bonds is 2. The van der Waals surface area contributed by atoms with E-state index in [1.807, 2.05) is 0 Å². The first-order valence-electron chi connectivity index (χ1n) is 10.6. The number of morpholine rings is 1. The van der Waals surface area contributed by atoms with Crippen LogP contribution in [-0.2, 0) is 19.1 Å². The number of benzene rings is 2. The molecule has 0 unspecified atom stereocenters. The number of hydrogen-bond acceptors (Lipinski definition) is 8. The summed E-state index contributed by atoms with van der Waals surface area (Å²) in [6.45, 7) is 0.688. The third kappa shape index (κ3) is 2.83. The third-order valence-corrected chi connectivity index (χ3v) is 6.27. The number of ether oxygens (including phenoxy) is 3. The number of imide groups is 3. The number of cyclic esters (lactones) is 1. The van der Waals surface area contributed by atoms with Crippen LogP contribution in [0.1, 0.15) is 20.7 Å². The fourth-order valence-electron chi connectivity index (χ4n) is 4.64. The van der Waals surface area contributed by atoms with Crippen LogP contribution in [0.2, 0.25) is 0 Å². The molecule has 6 rings (SSSR count). The molecule has 5 amide bonds. The van der Waals surface area contributed by atoms with E-state index in [2.05, 4.69) is 0 Å². The average Bonchev–Trinajstić information content (AvgIpc) is 3.33. The maximum atomic E-state index is 13.2. The van der Waals surface area contributed by atoms with Gasteiger partial charge in [-0.05, 0) is 24.3 Å². The van der Waals surface area contributed by atoms with E-state index in [1.165, 1.54) is 17.0 Å². The van der Waals surface area contributed by atoms with E-state index >= 15 is 0 Å². The largest absolute Gasteiger partial charge is 0.489 e. The highest BCUT2D eigenvalue weighted by molar-refractivity contribution is 6.29. The Bertz CT molecular complexity index is 1260. The summed E-state index contributed by atoms with van der Waals surface area (Å²) in [6.07, 6.45) is -2.19. The zero-order chi connectivity index (χ0) is 23.6. The van der Waals surface area contributed by atoms with Crippen molar-refractivity contribution in [2.24, 2.45) is 0 Å². The van der Waals surface area contributed by atoms with Crippen LogP contribution in [0, 0.1) is 0 Å². The van der Waals surface area contributed by atoms with Crippen molar-refractivity contribution >= 4 is 41.1 Å². The molecule has 0 N–H and O–H groups in total. The van der Waals surface area contributed by atoms with Crippen LogP contribution in [0.5, 0.6) is 5.75 Å². The molecule has 2 aromatic carbocycles. The Kier molecular flexibility index (Phi) is 4.42. The summed E-state index contributed by atoms with van der Waals surface area (Å²) in [5.74, 6) is -2.27. The first kappa shape index (κ1) is 20.4. The Hall–Kier alpha value is -4.25. The summed E-state index contributed by atoms with van der Waals surface area (Å²) in [6, 6.07) is 10.2. The van der Waals surface area contributed by atoms with Gasteiger partial charge in [-0.1, -0.05) is 12.1 Å². The van der Waals surface area contributed by atoms with Crippen molar-refractivity contribution < 1.29 is 38.2 Å². The van der Waals surface area contributed by atoms with E-state index in [1.54, 1.807) is 35.2 Å². The van der Waals surface area contributed by atoms with Crippen LogP contribution in [0.15, 0.2) is 42.5 Å². The maximum Gasteiger partial charge on any atom is 0.415 e. The molecule has 0 saturated carbocycles. The second-order valence-electron chi connectivity index (χ2n) is 8.13. The SMILES string of the molecule is O=C1c2ccccc2C(=O)N1C(=O)[C@@H]1OC(=O)N2c3ccc(N4CCOCC4=O)cc3OC[C@@H]12. The highest BCUT2D eigenvalue weighted by Gasteiger charge is 2.54. The predicted molar refractivity (Wildman–Crippen MR) is 114 cm³/mol. The summed E-state index contributed by atoms with van der Waals surface area (Å²) in [4.78, 5) is 66.9. The maximum absolute atomic E-state index is 13.2. The van der Waals surface area contributed by atoms with Crippen molar-refractivity contribution in [1.82, 2.24) is 4.90 Å². The molecule has 4 heterocycles. The van der Waals surface area contributed by atoms with Gasteiger partial charge < -0.3 is 19.1 Å². The lowest BCUT2D eigenvalue weighted by molar-refractivity contribution is -0.134. The van der Waals surface area contributed by atoms with Gasteiger partial charge in [-0.15, -0.1) is 0 Å². The molecule has 0 radical (unpaired) electrons. The zero-order valence-corrected chi connectivity index (χ0v) is 17.6. The lowest BCUT2D eigenvalue weighted by Crippen LogP contribution is -2.52. The van der Waals surface area contributed by atoms with Crippen LogP contribution in [0.3, 0.4) is 0 Å². The number of fused-ring (bicyclic) bond motifs is 4. The van der Waals surface area contributed by atoms with Crippen molar-refractivity contribution in [3.63, 3.8) is 0 Å². The van der Waals surface area contributed by atoms with Gasteiger partial charge in [-0.25, -0.2) is 9.69 Å². The Labute approximate surface area is 192 Å². The Morgan fingerprint density at radius 2 is 1.71 bits per heavy atom. The number of hydrogen-bond donors (Lipinski definition) is 0. The first-order chi connectivity index (χ1) is 16.5. The molecule has 0 aromatic heterocycles. The van der Waals surface area contributed by atoms with E-state index in [0.717, 1.165) is 0 Å². The van der Waals surface area contributed by atoms with Gasteiger partial charge >= 0.3 is 6.09 Å². The second kappa shape index (κ2) is 7.39. The zero-order valence-electron chi connectivity index (χ0n) is 17.6. The van der Waals surface area contributed by atoms with Crippen LogP contribution in [0.25, 0.3) is 0 Å². The van der Waals surface area contributed by atoms with Gasteiger partial charge in [0.2, 0.25) is 6.10 Å². The first-order valence-corrected chi connectivity index (χ1v) is 10.6. The third-order valence-electron chi connectivity index (χ3n) is 6.27. The molecule has 2 saturated heterocycles. The molecule has 0 aliphatic carbocycles. The summed E-state index contributed by atoms with van der Waals surface area (Å²) in [7, 11) is 0. The fraction of sp³-hybridized carbons (Fsp3) is 0.261. The quantitative estimate of drug-likeness (QED) is 0.604. The lowest BCUT2D eigenvalue weighted by Gasteiger charge is -2.33. The van der Waals surface area contributed by atoms with Gasteiger partial charge in [0.25, 0.3) is 23.6 Å². The molecule has 4 aliphatic rings. The second-order valence-corrected chi connectivity index (χ2v) is 8.13. The predicted octanol–water partition coefficient (Wildman–Crippen LogP) is 0.959. The molecule has 2 aromatic rings. The number of carbonyl (C=O) groups excluding carboxylic acids is 5. The van der Waals surface area contributed by atoms with Crippen molar-refractivity contribution in [2.45, 2.75) is 12.1 Å². The molecule has 4 aliphatic heterocycles. The normalized spacial score (nSPS) is 23.4. The molecular weight excluding hydrogens is 446 g/mol. The summed E-state index contributed by atoms with van der Waals surface area (Å²) in [5, 5.41) is 0. The van der Waals surface area contributed by atoms with E-state index in [9.17, 15) is 24.0 Å². The molecule has 2 fully saturated rings. The molecule has 11 heteroatoms.